The minimum absolute atomic E-state index is 0.0304. The topological polar surface area (TPSA) is 94.5 Å². The zero-order chi connectivity index (χ0) is 15.6. The number of carboxylic acid groups (broad SMARTS) is 1. The molecule has 0 aromatic heterocycles. The summed E-state index contributed by atoms with van der Waals surface area (Å²) >= 11 is 0. The van der Waals surface area contributed by atoms with Crippen molar-refractivity contribution in [2.45, 2.75) is 25.7 Å². The molecule has 0 aromatic rings. The first-order valence-corrected chi connectivity index (χ1v) is 7.41. The van der Waals surface area contributed by atoms with Crippen molar-refractivity contribution < 1.29 is 34.0 Å². The van der Waals surface area contributed by atoms with Gasteiger partial charge in [-0.2, -0.15) is 0 Å². The van der Waals surface area contributed by atoms with Crippen molar-refractivity contribution in [3.63, 3.8) is 0 Å². The number of rotatable bonds is 17. The van der Waals surface area contributed by atoms with Crippen LogP contribution in [0.4, 0.5) is 0 Å². The molecule has 0 aliphatic rings. The third kappa shape index (κ3) is 19.3. The van der Waals surface area contributed by atoms with Crippen LogP contribution in [0.15, 0.2) is 0 Å². The fourth-order valence-electron chi connectivity index (χ4n) is 1.48. The highest BCUT2D eigenvalue weighted by atomic mass is 16.6. The Bertz CT molecular complexity index is 223. The number of carboxylic acids is 1. The summed E-state index contributed by atoms with van der Waals surface area (Å²) < 4.78 is 20.9. The van der Waals surface area contributed by atoms with Crippen molar-refractivity contribution >= 4 is 5.97 Å². The quantitative estimate of drug-likeness (QED) is 0.382. The Labute approximate surface area is 126 Å². The summed E-state index contributed by atoms with van der Waals surface area (Å²) in [5, 5.41) is 16.9. The summed E-state index contributed by atoms with van der Waals surface area (Å²) in [5.74, 6) is -0.744. The second-order valence-electron chi connectivity index (χ2n) is 4.38. The molecule has 0 aromatic carbocycles. The van der Waals surface area contributed by atoms with E-state index in [1.807, 2.05) is 0 Å². The predicted octanol–water partition coefficient (Wildman–Crippen LogP) is 0.690. The molecule has 0 fully saturated rings. The Morgan fingerprint density at radius 1 is 0.667 bits per heavy atom. The number of hydrogen-bond donors (Lipinski definition) is 2. The molecule has 0 aliphatic heterocycles. The largest absolute Gasteiger partial charge is 0.481 e. The lowest BCUT2D eigenvalue weighted by molar-refractivity contribution is -0.137. The monoisotopic (exact) mass is 308 g/mol. The number of hydrogen-bond acceptors (Lipinski definition) is 6. The van der Waals surface area contributed by atoms with E-state index < -0.39 is 5.97 Å². The van der Waals surface area contributed by atoms with E-state index in [-0.39, 0.29) is 13.0 Å². The predicted molar refractivity (Wildman–Crippen MR) is 76.5 cm³/mol. The van der Waals surface area contributed by atoms with Crippen molar-refractivity contribution in [2.24, 2.45) is 0 Å². The molecule has 0 heterocycles. The van der Waals surface area contributed by atoms with Gasteiger partial charge in [0.05, 0.1) is 52.9 Å². The number of carbonyl (C=O) groups is 1. The summed E-state index contributed by atoms with van der Waals surface area (Å²) in [5.41, 5.74) is 0. The lowest BCUT2D eigenvalue weighted by Gasteiger charge is -2.07. The first kappa shape index (κ1) is 20.3. The first-order valence-electron chi connectivity index (χ1n) is 7.41. The van der Waals surface area contributed by atoms with Crippen LogP contribution in [-0.2, 0) is 23.7 Å². The van der Waals surface area contributed by atoms with Crippen molar-refractivity contribution in [1.29, 1.82) is 0 Å². The normalized spacial score (nSPS) is 10.9. The summed E-state index contributed by atoms with van der Waals surface area (Å²) in [6, 6.07) is 0. The number of aliphatic carboxylic acids is 1. The molecule has 0 spiro atoms. The molecule has 0 saturated carbocycles. The summed E-state index contributed by atoms with van der Waals surface area (Å²) in [6.45, 7) is 4.08. The lowest BCUT2D eigenvalue weighted by atomic mass is 10.2. The van der Waals surface area contributed by atoms with Crippen LogP contribution < -0.4 is 0 Å². The smallest absolute Gasteiger partial charge is 0.303 e. The van der Waals surface area contributed by atoms with E-state index in [1.165, 1.54) is 0 Å². The van der Waals surface area contributed by atoms with E-state index >= 15 is 0 Å². The molecule has 0 unspecified atom stereocenters. The third-order valence-corrected chi connectivity index (χ3v) is 2.53. The molecular weight excluding hydrogens is 280 g/mol. The second-order valence-corrected chi connectivity index (χ2v) is 4.38. The molecule has 0 saturated heterocycles. The highest BCUT2D eigenvalue weighted by molar-refractivity contribution is 5.66. The van der Waals surface area contributed by atoms with Gasteiger partial charge in [0, 0.05) is 13.0 Å². The minimum Gasteiger partial charge on any atom is -0.481 e. The molecule has 126 valence electrons. The molecule has 0 radical (unpaired) electrons. The van der Waals surface area contributed by atoms with Gasteiger partial charge in [-0.05, 0) is 12.8 Å². The van der Waals surface area contributed by atoms with Gasteiger partial charge in [-0.3, -0.25) is 4.79 Å². The van der Waals surface area contributed by atoms with E-state index in [4.69, 9.17) is 29.2 Å². The van der Waals surface area contributed by atoms with Crippen LogP contribution >= 0.6 is 0 Å². The van der Waals surface area contributed by atoms with Crippen molar-refractivity contribution in [3.8, 4) is 0 Å². The average Bonchev–Trinajstić information content (AvgIpc) is 2.46. The van der Waals surface area contributed by atoms with Crippen LogP contribution in [-0.4, -0.2) is 75.6 Å². The van der Waals surface area contributed by atoms with E-state index in [0.29, 0.717) is 59.3 Å². The molecular formula is C14H28O7. The molecule has 2 N–H and O–H groups in total. The zero-order valence-corrected chi connectivity index (χ0v) is 12.6. The molecule has 21 heavy (non-hydrogen) atoms. The van der Waals surface area contributed by atoms with Crippen LogP contribution in [0.5, 0.6) is 0 Å². The van der Waals surface area contributed by atoms with Crippen molar-refractivity contribution in [3.05, 3.63) is 0 Å². The van der Waals surface area contributed by atoms with Crippen LogP contribution in [0.25, 0.3) is 0 Å². The standard InChI is InChI=1S/C14H28O7/c15-5-7-19-9-11-21-13-12-20-10-8-18-6-3-1-2-4-14(16)17/h15H,1-13H2,(H,16,17). The number of aliphatic hydroxyl groups is 1. The van der Waals surface area contributed by atoms with Crippen LogP contribution in [0, 0.1) is 0 Å². The molecule has 7 nitrogen and oxygen atoms in total. The summed E-state index contributed by atoms with van der Waals surface area (Å²) in [7, 11) is 0. The highest BCUT2D eigenvalue weighted by Crippen LogP contribution is 1.99. The minimum atomic E-state index is -0.744. The van der Waals surface area contributed by atoms with Gasteiger partial charge in [0.15, 0.2) is 0 Å². The molecule has 0 atom stereocenters. The Kier molecular flexibility index (Phi) is 16.7. The Hall–Kier alpha value is -0.730. The second kappa shape index (κ2) is 17.3. The van der Waals surface area contributed by atoms with Crippen molar-refractivity contribution in [2.75, 3.05) is 59.5 Å². The Balaban J connectivity index is 2.95. The maximum Gasteiger partial charge on any atom is 0.303 e. The van der Waals surface area contributed by atoms with Crippen LogP contribution in [0.2, 0.25) is 0 Å². The molecule has 7 heteroatoms. The maximum atomic E-state index is 10.3. The fourth-order valence-corrected chi connectivity index (χ4v) is 1.48. The average molecular weight is 308 g/mol. The van der Waals surface area contributed by atoms with Gasteiger partial charge in [-0.25, -0.2) is 0 Å². The number of unbranched alkanes of at least 4 members (excludes halogenated alkanes) is 2. The summed E-state index contributed by atoms with van der Waals surface area (Å²) in [4.78, 5) is 10.3. The highest BCUT2D eigenvalue weighted by Gasteiger charge is 1.96. The van der Waals surface area contributed by atoms with Gasteiger partial charge in [-0.1, -0.05) is 6.42 Å². The van der Waals surface area contributed by atoms with Crippen molar-refractivity contribution in [1.82, 2.24) is 0 Å². The lowest BCUT2D eigenvalue weighted by Crippen LogP contribution is -2.12. The fraction of sp³-hybridized carbons (Fsp3) is 0.929. The van der Waals surface area contributed by atoms with E-state index in [2.05, 4.69) is 0 Å². The maximum absolute atomic E-state index is 10.3. The van der Waals surface area contributed by atoms with E-state index in [9.17, 15) is 4.79 Å². The Morgan fingerprint density at radius 3 is 1.62 bits per heavy atom. The van der Waals surface area contributed by atoms with Gasteiger partial charge in [0.1, 0.15) is 0 Å². The Morgan fingerprint density at radius 2 is 1.14 bits per heavy atom. The van der Waals surface area contributed by atoms with E-state index in [1.54, 1.807) is 0 Å². The van der Waals surface area contributed by atoms with E-state index in [0.717, 1.165) is 12.8 Å². The summed E-state index contributed by atoms with van der Waals surface area (Å²) in [6.07, 6.45) is 2.69. The van der Waals surface area contributed by atoms with Gasteiger partial charge >= 0.3 is 5.97 Å². The van der Waals surface area contributed by atoms with Gasteiger partial charge in [0.25, 0.3) is 0 Å². The van der Waals surface area contributed by atoms with Crippen LogP contribution in [0.3, 0.4) is 0 Å². The SMILES string of the molecule is O=C(O)CCCCCOCCOCCOCCOCCO. The molecule has 0 amide bonds. The van der Waals surface area contributed by atoms with Gasteiger partial charge < -0.3 is 29.2 Å². The molecule has 0 bridgehead atoms. The molecule has 0 aliphatic carbocycles. The third-order valence-electron chi connectivity index (χ3n) is 2.53. The zero-order valence-electron chi connectivity index (χ0n) is 12.6. The van der Waals surface area contributed by atoms with Crippen LogP contribution in [0.1, 0.15) is 25.7 Å². The molecule has 0 rings (SSSR count). The number of aliphatic hydroxyl groups excluding tert-OH is 1. The number of ether oxygens (including phenoxy) is 4. The van der Waals surface area contributed by atoms with Gasteiger partial charge in [0.2, 0.25) is 0 Å². The first-order chi connectivity index (χ1) is 10.3. The van der Waals surface area contributed by atoms with Gasteiger partial charge in [-0.15, -0.1) is 0 Å².